The fraction of sp³-hybridized carbons (Fsp3) is 0.467. The van der Waals surface area contributed by atoms with E-state index in [2.05, 4.69) is 39.8 Å². The Balaban J connectivity index is 1.16. The zero-order valence-electron chi connectivity index (χ0n) is 22.5. The number of carbonyl (C=O) groups is 4. The number of ether oxygens (including phenoxy) is 1. The fourth-order valence-electron chi connectivity index (χ4n) is 5.74. The van der Waals surface area contributed by atoms with Crippen LogP contribution in [0.3, 0.4) is 0 Å². The first-order valence-electron chi connectivity index (χ1n) is 13.9. The van der Waals surface area contributed by atoms with Crippen molar-refractivity contribution in [2.24, 2.45) is 0 Å². The van der Waals surface area contributed by atoms with Crippen LogP contribution < -0.4 is 10.6 Å². The lowest BCUT2D eigenvalue weighted by Gasteiger charge is -2.38. The molecule has 0 aliphatic carbocycles. The van der Waals surface area contributed by atoms with Crippen molar-refractivity contribution in [2.45, 2.75) is 64.1 Å². The van der Waals surface area contributed by atoms with E-state index >= 15 is 0 Å². The van der Waals surface area contributed by atoms with Crippen LogP contribution in [0.1, 0.15) is 77.3 Å². The van der Waals surface area contributed by atoms with Crippen LogP contribution in [0, 0.1) is 0 Å². The van der Waals surface area contributed by atoms with Crippen molar-refractivity contribution < 1.29 is 23.9 Å². The maximum Gasteiger partial charge on any atom is 0.264 e. The number of nitrogens with one attached hydrogen (secondary N) is 2. The largest absolute Gasteiger partial charge is 0.380 e. The van der Waals surface area contributed by atoms with E-state index in [9.17, 15) is 19.2 Å². The molecule has 0 saturated carbocycles. The number of rotatable bonds is 9. The summed E-state index contributed by atoms with van der Waals surface area (Å²) < 4.78 is 6.04. The molecule has 2 aromatic carbocycles. The summed E-state index contributed by atoms with van der Waals surface area (Å²) in [4.78, 5) is 53.3. The van der Waals surface area contributed by atoms with Crippen LogP contribution in [0.4, 0.5) is 5.69 Å². The molecule has 9 heteroatoms. The van der Waals surface area contributed by atoms with Crippen LogP contribution in [-0.4, -0.2) is 65.3 Å². The number of fused-ring (bicyclic) bond motifs is 1. The normalized spacial score (nSPS) is 18.4. The van der Waals surface area contributed by atoms with Gasteiger partial charge in [-0.15, -0.1) is 0 Å². The monoisotopic (exact) mass is 532 g/mol. The highest BCUT2D eigenvalue weighted by Crippen LogP contribution is 2.36. The Morgan fingerprint density at radius 2 is 1.69 bits per heavy atom. The number of piperidine rings is 1. The van der Waals surface area contributed by atoms with Gasteiger partial charge in [0, 0.05) is 44.9 Å². The molecule has 0 unspecified atom stereocenters. The molecule has 9 nitrogen and oxygen atoms in total. The Hall–Kier alpha value is -3.56. The van der Waals surface area contributed by atoms with Gasteiger partial charge in [-0.2, -0.15) is 0 Å². The highest BCUT2D eigenvalue weighted by atomic mass is 16.5. The second kappa shape index (κ2) is 11.7. The third kappa shape index (κ3) is 6.04. The molecule has 3 heterocycles. The fourth-order valence-corrected chi connectivity index (χ4v) is 5.74. The molecule has 39 heavy (non-hydrogen) atoms. The maximum absolute atomic E-state index is 13.1. The van der Waals surface area contributed by atoms with Crippen LogP contribution in [0.5, 0.6) is 0 Å². The van der Waals surface area contributed by atoms with Gasteiger partial charge in [-0.1, -0.05) is 37.3 Å². The molecule has 5 rings (SSSR count). The number of benzene rings is 2. The summed E-state index contributed by atoms with van der Waals surface area (Å²) in [5.74, 6) is -2.17. The van der Waals surface area contributed by atoms with E-state index in [-0.39, 0.29) is 23.1 Å². The van der Waals surface area contributed by atoms with Crippen molar-refractivity contribution in [2.75, 3.05) is 31.6 Å². The highest BCUT2D eigenvalue weighted by molar-refractivity contribution is 6.24. The Morgan fingerprint density at radius 1 is 0.949 bits per heavy atom. The average Bonchev–Trinajstić information content (AvgIpc) is 3.48. The van der Waals surface area contributed by atoms with E-state index in [1.54, 1.807) is 18.2 Å². The Labute approximate surface area is 228 Å². The summed E-state index contributed by atoms with van der Waals surface area (Å²) >= 11 is 0. The third-order valence-electron chi connectivity index (χ3n) is 7.92. The molecule has 2 fully saturated rings. The van der Waals surface area contributed by atoms with Gasteiger partial charge in [0.05, 0.1) is 16.7 Å². The predicted octanol–water partition coefficient (Wildman–Crippen LogP) is 3.48. The van der Waals surface area contributed by atoms with Crippen LogP contribution >= 0.6 is 0 Å². The molecule has 3 aliphatic rings. The van der Waals surface area contributed by atoms with Crippen LogP contribution in [0.25, 0.3) is 0 Å². The quantitative estimate of drug-likeness (QED) is 0.476. The Morgan fingerprint density at radius 3 is 2.38 bits per heavy atom. The molecule has 0 radical (unpaired) electrons. The first-order chi connectivity index (χ1) is 18.9. The minimum absolute atomic E-state index is 0.132. The van der Waals surface area contributed by atoms with E-state index < -0.39 is 30.2 Å². The molecule has 0 bridgehead atoms. The minimum Gasteiger partial charge on any atom is -0.380 e. The maximum atomic E-state index is 13.1. The molecule has 2 aromatic rings. The van der Waals surface area contributed by atoms with Crippen molar-refractivity contribution in [3.05, 3.63) is 64.7 Å². The van der Waals surface area contributed by atoms with E-state index in [4.69, 9.17) is 4.74 Å². The second-order valence-electron chi connectivity index (χ2n) is 10.7. The number of carbonyl (C=O) groups excluding carboxylic acids is 4. The lowest BCUT2D eigenvalue weighted by Crippen LogP contribution is -2.43. The standard InChI is InChI=1S/C30H36N4O5/c1-2-5-25(35)32-26(36)20-34-28(37)23-6-3-7-24(27(23)29(34)38)31-18-21-8-10-22(11-9-21)19-33-15-13-30(14-16-33)12-4-17-39-30/h3,6-11,31H,2,4-5,12-20H2,1H3,(H,32,35,36). The van der Waals surface area contributed by atoms with Crippen LogP contribution in [0.2, 0.25) is 0 Å². The average molecular weight is 533 g/mol. The highest BCUT2D eigenvalue weighted by Gasteiger charge is 2.39. The summed E-state index contributed by atoms with van der Waals surface area (Å²) in [5.41, 5.74) is 3.48. The number of imide groups is 2. The van der Waals surface area contributed by atoms with Crippen molar-refractivity contribution >= 4 is 29.3 Å². The molecule has 2 N–H and O–H groups in total. The number of anilines is 1. The number of hydrogen-bond acceptors (Lipinski definition) is 7. The first kappa shape index (κ1) is 27.0. The van der Waals surface area contributed by atoms with Gasteiger partial charge in [0.15, 0.2) is 0 Å². The molecule has 1 spiro atoms. The van der Waals surface area contributed by atoms with Gasteiger partial charge in [-0.05, 0) is 55.4 Å². The molecule has 2 saturated heterocycles. The van der Waals surface area contributed by atoms with Gasteiger partial charge in [-0.25, -0.2) is 0 Å². The third-order valence-corrected chi connectivity index (χ3v) is 7.92. The summed E-state index contributed by atoms with van der Waals surface area (Å²) in [6, 6.07) is 13.5. The summed E-state index contributed by atoms with van der Waals surface area (Å²) in [7, 11) is 0. The van der Waals surface area contributed by atoms with E-state index in [1.165, 1.54) is 18.4 Å². The van der Waals surface area contributed by atoms with Gasteiger partial charge < -0.3 is 10.1 Å². The number of likely N-dealkylation sites (tertiary alicyclic amines) is 1. The molecule has 0 aromatic heterocycles. The molecule has 206 valence electrons. The predicted molar refractivity (Wildman–Crippen MR) is 146 cm³/mol. The second-order valence-corrected chi connectivity index (χ2v) is 10.7. The molecule has 0 atom stereocenters. The van der Waals surface area contributed by atoms with Crippen molar-refractivity contribution in [3.8, 4) is 0 Å². The van der Waals surface area contributed by atoms with Gasteiger partial charge >= 0.3 is 0 Å². The minimum atomic E-state index is -0.673. The van der Waals surface area contributed by atoms with Crippen molar-refractivity contribution in [3.63, 3.8) is 0 Å². The number of nitrogens with zero attached hydrogens (tertiary/aromatic N) is 2. The van der Waals surface area contributed by atoms with E-state index in [0.717, 1.165) is 49.5 Å². The zero-order chi connectivity index (χ0) is 27.4. The summed E-state index contributed by atoms with van der Waals surface area (Å²) in [6.45, 7) is 5.75. The first-order valence-corrected chi connectivity index (χ1v) is 13.9. The lowest BCUT2D eigenvalue weighted by atomic mass is 9.88. The van der Waals surface area contributed by atoms with Crippen LogP contribution in [0.15, 0.2) is 42.5 Å². The van der Waals surface area contributed by atoms with Gasteiger partial charge in [0.2, 0.25) is 11.8 Å². The number of hydrogen-bond donors (Lipinski definition) is 2. The van der Waals surface area contributed by atoms with Gasteiger partial charge in [-0.3, -0.25) is 34.3 Å². The van der Waals surface area contributed by atoms with E-state index in [0.29, 0.717) is 18.7 Å². The number of amides is 4. The topological polar surface area (TPSA) is 108 Å². The smallest absolute Gasteiger partial charge is 0.264 e. The summed E-state index contributed by atoms with van der Waals surface area (Å²) in [6.07, 6.45) is 5.39. The lowest BCUT2D eigenvalue weighted by molar-refractivity contribution is -0.130. The van der Waals surface area contributed by atoms with Crippen molar-refractivity contribution in [1.29, 1.82) is 0 Å². The molecule has 4 amide bonds. The Bertz CT molecular complexity index is 1240. The van der Waals surface area contributed by atoms with E-state index in [1.807, 2.05) is 6.92 Å². The molecular weight excluding hydrogens is 496 g/mol. The van der Waals surface area contributed by atoms with Gasteiger partial charge in [0.1, 0.15) is 6.54 Å². The van der Waals surface area contributed by atoms with Crippen molar-refractivity contribution in [1.82, 2.24) is 15.1 Å². The molecular formula is C30H36N4O5. The summed E-state index contributed by atoms with van der Waals surface area (Å²) in [5, 5.41) is 5.52. The molecule has 3 aliphatic heterocycles. The van der Waals surface area contributed by atoms with Crippen LogP contribution in [-0.2, 0) is 27.4 Å². The SMILES string of the molecule is CCCC(=O)NC(=O)CN1C(=O)c2cccc(NCc3ccc(CN4CCC5(CCCO5)CC4)cc3)c2C1=O. The Kier molecular flexibility index (Phi) is 8.09. The zero-order valence-corrected chi connectivity index (χ0v) is 22.5. The van der Waals surface area contributed by atoms with Gasteiger partial charge in [0.25, 0.3) is 11.8 Å².